The molecule has 2 N–H and O–H groups in total. The van der Waals surface area contributed by atoms with Gasteiger partial charge in [-0.05, 0) is 39.3 Å². The van der Waals surface area contributed by atoms with Crippen LogP contribution in [0.3, 0.4) is 0 Å². The molecule has 1 aromatic heterocycles. The Morgan fingerprint density at radius 3 is 2.72 bits per heavy atom. The van der Waals surface area contributed by atoms with E-state index in [9.17, 15) is 0 Å². The van der Waals surface area contributed by atoms with Gasteiger partial charge in [0, 0.05) is 38.5 Å². The summed E-state index contributed by atoms with van der Waals surface area (Å²) in [4.78, 5) is 11.6. The second kappa shape index (κ2) is 11.1. The number of hydrogen-bond donors (Lipinski definition) is 2. The van der Waals surface area contributed by atoms with Gasteiger partial charge in [0.15, 0.2) is 11.8 Å². The molecule has 1 aliphatic rings. The summed E-state index contributed by atoms with van der Waals surface area (Å²) in [5, 5.41) is 10.7. The van der Waals surface area contributed by atoms with Gasteiger partial charge in [0.05, 0.1) is 0 Å². The third-order valence-corrected chi connectivity index (χ3v) is 4.33. The first-order valence-electron chi connectivity index (χ1n) is 9.76. The molecule has 0 saturated carbocycles. The summed E-state index contributed by atoms with van der Waals surface area (Å²) < 4.78 is 5.27. The van der Waals surface area contributed by atoms with E-state index >= 15 is 0 Å². The lowest BCUT2D eigenvalue weighted by Gasteiger charge is -2.26. The fraction of sp³-hybridized carbons (Fsp3) is 0.833. The highest BCUT2D eigenvalue weighted by molar-refractivity contribution is 5.79. The predicted octanol–water partition coefficient (Wildman–Crippen LogP) is 2.17. The zero-order chi connectivity index (χ0) is 17.9. The second-order valence-corrected chi connectivity index (χ2v) is 6.89. The average Bonchev–Trinajstić information content (AvgIpc) is 3.09. The van der Waals surface area contributed by atoms with Crippen LogP contribution in [0.4, 0.5) is 0 Å². The van der Waals surface area contributed by atoms with Crippen LogP contribution in [0.1, 0.15) is 64.1 Å². The van der Waals surface area contributed by atoms with Gasteiger partial charge in [-0.3, -0.25) is 4.99 Å². The zero-order valence-corrected chi connectivity index (χ0v) is 16.1. The van der Waals surface area contributed by atoms with Crippen LogP contribution in [-0.2, 0) is 6.42 Å². The molecule has 0 atom stereocenters. The second-order valence-electron chi connectivity index (χ2n) is 6.89. The van der Waals surface area contributed by atoms with Gasteiger partial charge < -0.3 is 20.1 Å². The van der Waals surface area contributed by atoms with Gasteiger partial charge in [-0.25, -0.2) is 0 Å². The largest absolute Gasteiger partial charge is 0.357 e. The Balaban J connectivity index is 1.67. The molecule has 1 aliphatic heterocycles. The van der Waals surface area contributed by atoms with Crippen LogP contribution in [0.15, 0.2) is 9.52 Å². The minimum atomic E-state index is 0.306. The smallest absolute Gasteiger partial charge is 0.226 e. The summed E-state index contributed by atoms with van der Waals surface area (Å²) >= 11 is 0. The lowest BCUT2D eigenvalue weighted by Crippen LogP contribution is -2.42. The lowest BCUT2D eigenvalue weighted by molar-refractivity contribution is 0.232. The van der Waals surface area contributed by atoms with E-state index < -0.39 is 0 Å². The number of aliphatic imine (C=N–C) groups is 1. The van der Waals surface area contributed by atoms with Crippen molar-refractivity contribution in [3.05, 3.63) is 11.7 Å². The molecule has 1 fully saturated rings. The van der Waals surface area contributed by atoms with Gasteiger partial charge in [-0.1, -0.05) is 25.4 Å². The Morgan fingerprint density at radius 2 is 2.04 bits per heavy atom. The molecule has 142 valence electrons. The normalized spacial score (nSPS) is 16.4. The van der Waals surface area contributed by atoms with Crippen molar-refractivity contribution in [2.75, 3.05) is 39.3 Å². The van der Waals surface area contributed by atoms with E-state index in [0.717, 1.165) is 50.8 Å². The molecule has 1 aromatic rings. The Hall–Kier alpha value is -1.63. The molecule has 0 radical (unpaired) electrons. The maximum Gasteiger partial charge on any atom is 0.226 e. The highest BCUT2D eigenvalue weighted by Gasteiger charge is 2.10. The van der Waals surface area contributed by atoms with Crippen molar-refractivity contribution in [1.82, 2.24) is 25.7 Å². The maximum absolute atomic E-state index is 5.27. The molecule has 0 aliphatic carbocycles. The van der Waals surface area contributed by atoms with Crippen LogP contribution in [0.2, 0.25) is 0 Å². The number of nitrogens with one attached hydrogen (secondary N) is 2. The Kier molecular flexibility index (Phi) is 8.72. The van der Waals surface area contributed by atoms with Crippen LogP contribution in [-0.4, -0.2) is 60.3 Å². The minimum absolute atomic E-state index is 0.306. The average molecular weight is 351 g/mol. The van der Waals surface area contributed by atoms with Gasteiger partial charge >= 0.3 is 0 Å². The van der Waals surface area contributed by atoms with Gasteiger partial charge in [-0.2, -0.15) is 4.98 Å². The molecule has 2 heterocycles. The monoisotopic (exact) mass is 350 g/mol. The van der Waals surface area contributed by atoms with E-state index in [1.807, 2.05) is 0 Å². The topological polar surface area (TPSA) is 78.6 Å². The third kappa shape index (κ3) is 7.42. The SMILES string of the molecule is CCNC(=NCCCc1nc(C(C)C)no1)NCCN1CCCCC1. The summed E-state index contributed by atoms with van der Waals surface area (Å²) in [6.07, 6.45) is 5.73. The number of piperidine rings is 1. The number of rotatable bonds is 9. The van der Waals surface area contributed by atoms with Crippen molar-refractivity contribution in [2.45, 2.75) is 58.8 Å². The van der Waals surface area contributed by atoms with Crippen molar-refractivity contribution >= 4 is 5.96 Å². The first-order chi connectivity index (χ1) is 12.2. The number of hydrogen-bond acceptors (Lipinski definition) is 5. The van der Waals surface area contributed by atoms with E-state index in [2.05, 4.69) is 51.4 Å². The van der Waals surface area contributed by atoms with Crippen molar-refractivity contribution in [3.63, 3.8) is 0 Å². The molecule has 25 heavy (non-hydrogen) atoms. The minimum Gasteiger partial charge on any atom is -0.357 e. The van der Waals surface area contributed by atoms with Crippen molar-refractivity contribution in [3.8, 4) is 0 Å². The van der Waals surface area contributed by atoms with E-state index in [-0.39, 0.29) is 0 Å². The number of likely N-dealkylation sites (tertiary alicyclic amines) is 1. The molecule has 7 nitrogen and oxygen atoms in total. The fourth-order valence-corrected chi connectivity index (χ4v) is 2.88. The number of aryl methyl sites for hydroxylation is 1. The summed E-state index contributed by atoms with van der Waals surface area (Å²) in [6, 6.07) is 0. The Morgan fingerprint density at radius 1 is 1.24 bits per heavy atom. The van der Waals surface area contributed by atoms with Gasteiger partial charge in [0.2, 0.25) is 5.89 Å². The van der Waals surface area contributed by atoms with E-state index in [4.69, 9.17) is 4.52 Å². The van der Waals surface area contributed by atoms with Gasteiger partial charge in [-0.15, -0.1) is 0 Å². The molecule has 0 spiro atoms. The van der Waals surface area contributed by atoms with Crippen LogP contribution in [0, 0.1) is 0 Å². The van der Waals surface area contributed by atoms with Crippen molar-refractivity contribution in [2.24, 2.45) is 4.99 Å². The number of aromatic nitrogens is 2. The van der Waals surface area contributed by atoms with Crippen molar-refractivity contribution < 1.29 is 4.52 Å². The van der Waals surface area contributed by atoms with Crippen molar-refractivity contribution in [1.29, 1.82) is 0 Å². The standard InChI is InChI=1S/C18H34N6O/c1-4-19-18(21-11-14-24-12-6-5-7-13-24)20-10-8-9-16-22-17(15(2)3)23-25-16/h15H,4-14H2,1-3H3,(H2,19,20,21). The van der Waals surface area contributed by atoms with Gasteiger partial charge in [0.1, 0.15) is 0 Å². The summed E-state index contributed by atoms with van der Waals surface area (Å²) in [5.41, 5.74) is 0. The van der Waals surface area contributed by atoms with Crippen LogP contribution in [0.5, 0.6) is 0 Å². The molecule has 1 saturated heterocycles. The highest BCUT2D eigenvalue weighted by Crippen LogP contribution is 2.10. The molecule has 0 aromatic carbocycles. The molecule has 0 amide bonds. The highest BCUT2D eigenvalue weighted by atomic mass is 16.5. The molecular formula is C18H34N6O. The van der Waals surface area contributed by atoms with E-state index in [1.165, 1.54) is 32.4 Å². The van der Waals surface area contributed by atoms with Crippen LogP contribution >= 0.6 is 0 Å². The fourth-order valence-electron chi connectivity index (χ4n) is 2.88. The number of guanidine groups is 1. The molecule has 0 unspecified atom stereocenters. The third-order valence-electron chi connectivity index (χ3n) is 4.33. The molecule has 2 rings (SSSR count). The molecule has 7 heteroatoms. The lowest BCUT2D eigenvalue weighted by atomic mass is 10.1. The zero-order valence-electron chi connectivity index (χ0n) is 16.1. The Bertz CT molecular complexity index is 507. The van der Waals surface area contributed by atoms with Crippen LogP contribution < -0.4 is 10.6 Å². The quantitative estimate of drug-likeness (QED) is 0.404. The van der Waals surface area contributed by atoms with E-state index in [0.29, 0.717) is 11.8 Å². The summed E-state index contributed by atoms with van der Waals surface area (Å²) in [5.74, 6) is 2.70. The Labute approximate surface area is 151 Å². The van der Waals surface area contributed by atoms with Gasteiger partial charge in [0.25, 0.3) is 0 Å². The first-order valence-corrected chi connectivity index (χ1v) is 9.76. The predicted molar refractivity (Wildman–Crippen MR) is 101 cm³/mol. The maximum atomic E-state index is 5.27. The molecular weight excluding hydrogens is 316 g/mol. The first kappa shape index (κ1) is 19.7. The number of nitrogens with zero attached hydrogens (tertiary/aromatic N) is 4. The molecule has 0 bridgehead atoms. The summed E-state index contributed by atoms with van der Waals surface area (Å²) in [6.45, 7) is 12.3. The summed E-state index contributed by atoms with van der Waals surface area (Å²) in [7, 11) is 0. The van der Waals surface area contributed by atoms with Crippen LogP contribution in [0.25, 0.3) is 0 Å². The van der Waals surface area contributed by atoms with E-state index in [1.54, 1.807) is 0 Å².